The first-order chi connectivity index (χ1) is 18.8. The fourth-order valence-electron chi connectivity index (χ4n) is 5.41. The Balaban J connectivity index is 1.69. The first-order valence-corrected chi connectivity index (χ1v) is 14.4. The molecule has 2 aliphatic rings. The summed E-state index contributed by atoms with van der Waals surface area (Å²) in [5.41, 5.74) is 1.97. The Labute approximate surface area is 239 Å². The van der Waals surface area contributed by atoms with Gasteiger partial charge >= 0.3 is 0 Å². The highest BCUT2D eigenvalue weighted by molar-refractivity contribution is 6.42. The molecular weight excluding hydrogens is 539 g/mol. The number of fused-ring (bicyclic) bond motifs is 3. The molecule has 2 aromatic rings. The molecule has 0 fully saturated rings. The van der Waals surface area contributed by atoms with Crippen LogP contribution in [0.15, 0.2) is 54.1 Å². The molecule has 1 aliphatic heterocycles. The summed E-state index contributed by atoms with van der Waals surface area (Å²) in [7, 11) is 0. The number of ether oxygens (including phenoxy) is 1. The van der Waals surface area contributed by atoms with E-state index in [1.165, 1.54) is 0 Å². The summed E-state index contributed by atoms with van der Waals surface area (Å²) in [5, 5.41) is 24.4. The van der Waals surface area contributed by atoms with Gasteiger partial charge in [0.2, 0.25) is 11.8 Å². The number of nitrogens with one attached hydrogen (secondary N) is 1. The number of para-hydroxylation sites is 1. The lowest BCUT2D eigenvalue weighted by Crippen LogP contribution is -2.55. The van der Waals surface area contributed by atoms with Crippen LogP contribution in [0.4, 0.5) is 0 Å². The smallest absolute Gasteiger partial charge is 0.247 e. The second kappa shape index (κ2) is 13.7. The van der Waals surface area contributed by atoms with Crippen molar-refractivity contribution in [1.29, 1.82) is 0 Å². The Morgan fingerprint density at radius 2 is 1.82 bits per heavy atom. The van der Waals surface area contributed by atoms with Gasteiger partial charge in [0.15, 0.2) is 0 Å². The van der Waals surface area contributed by atoms with Crippen LogP contribution in [0.3, 0.4) is 0 Å². The maximum absolute atomic E-state index is 13.7. The minimum Gasteiger partial charge on any atom is -0.486 e. The number of halogens is 2. The van der Waals surface area contributed by atoms with Crippen LogP contribution in [0.5, 0.6) is 5.75 Å². The van der Waals surface area contributed by atoms with Crippen molar-refractivity contribution in [3.63, 3.8) is 0 Å². The number of unbranched alkanes of at least 4 members (excludes halogenated alkanes) is 4. The number of aliphatic hydroxyl groups excluding tert-OH is 2. The third-order valence-electron chi connectivity index (χ3n) is 7.39. The molecule has 7 nitrogen and oxygen atoms in total. The molecule has 0 radical (unpaired) electrons. The largest absolute Gasteiger partial charge is 0.486 e. The van der Waals surface area contributed by atoms with Crippen LogP contribution in [0.1, 0.15) is 62.5 Å². The van der Waals surface area contributed by atoms with Gasteiger partial charge in [-0.2, -0.15) is 0 Å². The van der Waals surface area contributed by atoms with Crippen molar-refractivity contribution in [2.24, 2.45) is 0 Å². The number of hydrogen-bond acceptors (Lipinski definition) is 5. The SMILES string of the molecule is CCCCCCCC(=O)N(Cc1ccc(Cl)c(Cl)c1)[C@@H]1C=C(C(=O)NCCO)[C@@H]2c3ccccc3O[C@@H]2[C@H]1O. The molecule has 9 heteroatoms. The number of nitrogens with zero attached hydrogens (tertiary/aromatic N) is 1. The van der Waals surface area contributed by atoms with Gasteiger partial charge < -0.3 is 25.2 Å². The minimum absolute atomic E-state index is 0.0902. The van der Waals surface area contributed by atoms with E-state index in [9.17, 15) is 19.8 Å². The molecular formula is C30H36Cl2N2O5. The van der Waals surface area contributed by atoms with E-state index in [0.717, 1.165) is 43.2 Å². The maximum atomic E-state index is 13.7. The summed E-state index contributed by atoms with van der Waals surface area (Å²) in [6.07, 6.45) is 5.17. The maximum Gasteiger partial charge on any atom is 0.247 e. The summed E-state index contributed by atoms with van der Waals surface area (Å²) < 4.78 is 6.18. The lowest BCUT2D eigenvalue weighted by Gasteiger charge is -2.41. The van der Waals surface area contributed by atoms with Gasteiger partial charge in [0.05, 0.1) is 28.6 Å². The number of aliphatic hydroxyl groups is 2. The van der Waals surface area contributed by atoms with E-state index in [1.807, 2.05) is 24.3 Å². The molecule has 0 unspecified atom stereocenters. The van der Waals surface area contributed by atoms with Crippen LogP contribution in [0, 0.1) is 0 Å². The van der Waals surface area contributed by atoms with E-state index in [1.54, 1.807) is 29.2 Å². The first-order valence-electron chi connectivity index (χ1n) is 13.6. The van der Waals surface area contributed by atoms with E-state index >= 15 is 0 Å². The van der Waals surface area contributed by atoms with Crippen molar-refractivity contribution in [1.82, 2.24) is 10.2 Å². The Bertz CT molecular complexity index is 1200. The van der Waals surface area contributed by atoms with E-state index in [0.29, 0.717) is 27.8 Å². The number of rotatable bonds is 12. The fourth-order valence-corrected chi connectivity index (χ4v) is 5.73. The zero-order valence-corrected chi connectivity index (χ0v) is 23.6. The van der Waals surface area contributed by atoms with Gasteiger partial charge in [-0.3, -0.25) is 9.59 Å². The standard InChI is InChI=1S/C30H36Cl2N2O5/c1-2-3-4-5-6-11-26(36)34(18-19-12-13-22(31)23(32)16-19)24-17-21(30(38)33-14-15-35)27-20-9-7-8-10-25(20)39-29(27)28(24)37/h7-10,12-13,16-17,24,27-29,35,37H,2-6,11,14-15,18H2,1H3,(H,33,38)/t24-,27+,28+,29+/m1/s1. The molecule has 1 heterocycles. The van der Waals surface area contributed by atoms with Crippen molar-refractivity contribution < 1.29 is 24.5 Å². The van der Waals surface area contributed by atoms with Crippen molar-refractivity contribution in [3.05, 3.63) is 75.3 Å². The highest BCUT2D eigenvalue weighted by Gasteiger charge is 2.50. The molecule has 3 N–H and O–H groups in total. The number of carbonyl (C=O) groups excluding carboxylic acids is 2. The van der Waals surface area contributed by atoms with Crippen molar-refractivity contribution >= 4 is 35.0 Å². The van der Waals surface area contributed by atoms with Crippen LogP contribution < -0.4 is 10.1 Å². The highest BCUT2D eigenvalue weighted by Crippen LogP contribution is 2.47. The summed E-state index contributed by atoms with van der Waals surface area (Å²) in [5.74, 6) is -0.381. The van der Waals surface area contributed by atoms with Crippen LogP contribution in [0.25, 0.3) is 0 Å². The zero-order valence-electron chi connectivity index (χ0n) is 22.1. The third kappa shape index (κ3) is 6.77. The molecule has 0 saturated carbocycles. The molecule has 0 spiro atoms. The molecule has 0 aromatic heterocycles. The van der Waals surface area contributed by atoms with Crippen LogP contribution in [-0.2, 0) is 16.1 Å². The van der Waals surface area contributed by atoms with Crippen molar-refractivity contribution in [3.8, 4) is 5.75 Å². The third-order valence-corrected chi connectivity index (χ3v) is 8.13. The van der Waals surface area contributed by atoms with Crippen molar-refractivity contribution in [2.45, 2.75) is 76.2 Å². The van der Waals surface area contributed by atoms with E-state index in [2.05, 4.69) is 12.2 Å². The van der Waals surface area contributed by atoms with Gasteiger partial charge in [0.25, 0.3) is 0 Å². The van der Waals surface area contributed by atoms with Gasteiger partial charge in [-0.15, -0.1) is 0 Å². The normalized spacial score (nSPS) is 21.4. The molecule has 2 amide bonds. The molecule has 4 rings (SSSR count). The molecule has 0 saturated heterocycles. The summed E-state index contributed by atoms with van der Waals surface area (Å²) in [6, 6.07) is 11.8. The monoisotopic (exact) mass is 574 g/mol. The Morgan fingerprint density at radius 1 is 1.05 bits per heavy atom. The minimum atomic E-state index is -1.08. The number of hydrogen-bond donors (Lipinski definition) is 3. The molecule has 39 heavy (non-hydrogen) atoms. The predicted molar refractivity (Wildman–Crippen MR) is 152 cm³/mol. The first kappa shape index (κ1) is 29.4. The topological polar surface area (TPSA) is 99.1 Å². The molecule has 4 atom stereocenters. The Kier molecular flexibility index (Phi) is 10.3. The average molecular weight is 576 g/mol. The molecule has 210 valence electrons. The Hall–Kier alpha value is -2.58. The summed E-state index contributed by atoms with van der Waals surface area (Å²) in [6.45, 7) is 2.21. The number of carbonyl (C=O) groups is 2. The number of amides is 2. The fraction of sp³-hybridized carbons (Fsp3) is 0.467. The second-order valence-corrected chi connectivity index (χ2v) is 10.9. The summed E-state index contributed by atoms with van der Waals surface area (Å²) >= 11 is 12.4. The Morgan fingerprint density at radius 3 is 2.56 bits per heavy atom. The van der Waals surface area contributed by atoms with Gasteiger partial charge in [-0.05, 0) is 36.3 Å². The molecule has 0 bridgehead atoms. The quantitative estimate of drug-likeness (QED) is 0.310. The van der Waals surface area contributed by atoms with Crippen LogP contribution in [0.2, 0.25) is 10.0 Å². The lowest BCUT2D eigenvalue weighted by atomic mass is 9.77. The van der Waals surface area contributed by atoms with Gasteiger partial charge in [-0.1, -0.05) is 80.1 Å². The lowest BCUT2D eigenvalue weighted by molar-refractivity contribution is -0.138. The van der Waals surface area contributed by atoms with E-state index < -0.39 is 24.2 Å². The van der Waals surface area contributed by atoms with Crippen LogP contribution >= 0.6 is 23.2 Å². The second-order valence-electron chi connectivity index (χ2n) is 10.1. The van der Waals surface area contributed by atoms with Gasteiger partial charge in [0.1, 0.15) is 18.0 Å². The highest BCUT2D eigenvalue weighted by atomic mass is 35.5. The van der Waals surface area contributed by atoms with Gasteiger partial charge in [-0.25, -0.2) is 0 Å². The summed E-state index contributed by atoms with van der Waals surface area (Å²) in [4.78, 5) is 28.6. The van der Waals surface area contributed by atoms with E-state index in [4.69, 9.17) is 27.9 Å². The van der Waals surface area contributed by atoms with Crippen molar-refractivity contribution in [2.75, 3.05) is 13.2 Å². The molecule has 1 aliphatic carbocycles. The van der Waals surface area contributed by atoms with Gasteiger partial charge in [0, 0.05) is 30.6 Å². The zero-order chi connectivity index (χ0) is 27.9. The number of benzene rings is 2. The predicted octanol–water partition coefficient (Wildman–Crippen LogP) is 5.01. The van der Waals surface area contributed by atoms with Crippen LogP contribution in [-0.4, -0.2) is 58.3 Å². The average Bonchev–Trinajstić information content (AvgIpc) is 3.33. The molecule has 2 aromatic carbocycles. The van der Waals surface area contributed by atoms with E-state index in [-0.39, 0.29) is 31.5 Å².